The van der Waals surface area contributed by atoms with E-state index in [1.165, 1.54) is 6.92 Å². The first-order valence-electron chi connectivity index (χ1n) is 10.6. The van der Waals surface area contributed by atoms with Crippen molar-refractivity contribution in [1.82, 2.24) is 0 Å². The van der Waals surface area contributed by atoms with E-state index in [-0.39, 0.29) is 5.54 Å². The van der Waals surface area contributed by atoms with Crippen LogP contribution in [0.4, 0.5) is 11.4 Å². The minimum atomic E-state index is -0.463. The average Bonchev–Trinajstić information content (AvgIpc) is 2.79. The van der Waals surface area contributed by atoms with Gasteiger partial charge in [0.15, 0.2) is 0 Å². The highest BCUT2D eigenvalue weighted by atomic mass is 16.7. The van der Waals surface area contributed by atoms with Gasteiger partial charge < -0.3 is 19.2 Å². The van der Waals surface area contributed by atoms with Gasteiger partial charge in [-0.25, -0.2) is 4.79 Å². The number of morpholine rings is 1. The van der Waals surface area contributed by atoms with Crippen molar-refractivity contribution in [3.63, 3.8) is 0 Å². The summed E-state index contributed by atoms with van der Waals surface area (Å²) in [6.07, 6.45) is 1.55. The van der Waals surface area contributed by atoms with Crippen molar-refractivity contribution in [2.75, 3.05) is 43.3 Å². The fraction of sp³-hybridized carbons (Fsp3) is 0.375. The predicted molar refractivity (Wildman–Crippen MR) is 125 cm³/mol. The highest BCUT2D eigenvalue weighted by molar-refractivity contribution is 6.14. The van der Waals surface area contributed by atoms with Crippen molar-refractivity contribution >= 4 is 29.3 Å². The lowest BCUT2D eigenvalue weighted by Crippen LogP contribution is -2.57. The molecule has 0 bridgehead atoms. The van der Waals surface area contributed by atoms with Crippen LogP contribution in [0.2, 0.25) is 0 Å². The minimum Gasteiger partial charge on any atom is -0.497 e. The first kappa shape index (κ1) is 21.8. The SMILES string of the molecule is COc1cccc(C2=NN(c3cc(N4CCOCC4)ccc3/C=N/OC(C)=O)C2(C)C)c1. The van der Waals surface area contributed by atoms with Gasteiger partial charge in [-0.2, -0.15) is 5.10 Å². The zero-order valence-electron chi connectivity index (χ0n) is 18.9. The Balaban J connectivity index is 1.71. The third-order valence-electron chi connectivity index (χ3n) is 5.64. The molecule has 1 saturated heterocycles. The quantitative estimate of drug-likeness (QED) is 0.392. The van der Waals surface area contributed by atoms with Gasteiger partial charge in [0.05, 0.1) is 37.9 Å². The second-order valence-corrected chi connectivity index (χ2v) is 8.21. The lowest BCUT2D eigenvalue weighted by molar-refractivity contribution is -0.140. The molecule has 2 aliphatic heterocycles. The first-order valence-corrected chi connectivity index (χ1v) is 10.6. The number of hydrogen-bond donors (Lipinski definition) is 0. The number of hydrazone groups is 1. The molecular formula is C24H28N4O4. The maximum Gasteiger partial charge on any atom is 0.331 e. The van der Waals surface area contributed by atoms with Crippen LogP contribution in [0.25, 0.3) is 0 Å². The van der Waals surface area contributed by atoms with Gasteiger partial charge in [0.1, 0.15) is 11.3 Å². The second-order valence-electron chi connectivity index (χ2n) is 8.21. The van der Waals surface area contributed by atoms with Crippen LogP contribution in [0.1, 0.15) is 31.9 Å². The molecule has 0 radical (unpaired) electrons. The maximum absolute atomic E-state index is 11.1. The molecule has 8 nitrogen and oxygen atoms in total. The topological polar surface area (TPSA) is 76.0 Å². The third-order valence-corrected chi connectivity index (χ3v) is 5.64. The Labute approximate surface area is 188 Å². The van der Waals surface area contributed by atoms with Gasteiger partial charge in [0.25, 0.3) is 0 Å². The van der Waals surface area contributed by atoms with E-state index in [0.29, 0.717) is 13.2 Å². The molecule has 2 heterocycles. The van der Waals surface area contributed by atoms with E-state index in [0.717, 1.165) is 47.1 Å². The van der Waals surface area contributed by atoms with Gasteiger partial charge >= 0.3 is 5.97 Å². The third kappa shape index (κ3) is 4.31. The van der Waals surface area contributed by atoms with Crippen molar-refractivity contribution in [3.8, 4) is 5.75 Å². The summed E-state index contributed by atoms with van der Waals surface area (Å²) in [7, 11) is 1.66. The van der Waals surface area contributed by atoms with E-state index in [1.807, 2.05) is 41.4 Å². The normalized spacial score (nSPS) is 17.7. The fourth-order valence-electron chi connectivity index (χ4n) is 3.94. The molecule has 4 rings (SSSR count). The Kier molecular flexibility index (Phi) is 6.14. The second kappa shape index (κ2) is 9.00. The Morgan fingerprint density at radius 2 is 1.97 bits per heavy atom. The number of ether oxygens (including phenoxy) is 2. The zero-order valence-corrected chi connectivity index (χ0v) is 18.9. The zero-order chi connectivity index (χ0) is 22.7. The van der Waals surface area contributed by atoms with Crippen molar-refractivity contribution in [2.24, 2.45) is 10.3 Å². The lowest BCUT2D eigenvalue weighted by atomic mass is 9.87. The molecule has 32 heavy (non-hydrogen) atoms. The predicted octanol–water partition coefficient (Wildman–Crippen LogP) is 3.43. The number of rotatable bonds is 6. The highest BCUT2D eigenvalue weighted by Crippen LogP contribution is 2.39. The van der Waals surface area contributed by atoms with Gasteiger partial charge in [-0.1, -0.05) is 17.3 Å². The smallest absolute Gasteiger partial charge is 0.331 e. The molecule has 1 fully saturated rings. The van der Waals surface area contributed by atoms with Crippen LogP contribution in [0.5, 0.6) is 5.75 Å². The number of carbonyl (C=O) groups is 1. The average molecular weight is 437 g/mol. The van der Waals surface area contributed by atoms with Crippen LogP contribution in [0.15, 0.2) is 52.7 Å². The summed E-state index contributed by atoms with van der Waals surface area (Å²) in [6.45, 7) is 8.66. The van der Waals surface area contributed by atoms with Gasteiger partial charge in [-0.3, -0.25) is 5.01 Å². The molecule has 0 saturated carbocycles. The van der Waals surface area contributed by atoms with E-state index in [1.54, 1.807) is 13.3 Å². The number of anilines is 2. The van der Waals surface area contributed by atoms with Crippen molar-refractivity contribution < 1.29 is 19.1 Å². The van der Waals surface area contributed by atoms with Gasteiger partial charge in [-0.15, -0.1) is 0 Å². The fourth-order valence-corrected chi connectivity index (χ4v) is 3.94. The molecule has 2 aliphatic rings. The Bertz CT molecular complexity index is 1060. The minimum absolute atomic E-state index is 0.361. The number of benzene rings is 2. The molecule has 0 aromatic heterocycles. The lowest BCUT2D eigenvalue weighted by Gasteiger charge is -2.46. The monoisotopic (exact) mass is 436 g/mol. The standard InChI is InChI=1S/C24H28N4O4/c1-17(29)32-25-16-19-8-9-20(27-10-12-31-13-11-27)15-22(19)28-24(2,3)23(26-28)18-6-5-7-21(14-18)30-4/h5-9,14-16H,10-13H2,1-4H3/b25-16+. The molecule has 0 amide bonds. The number of oxime groups is 1. The van der Waals surface area contributed by atoms with Gasteiger partial charge in [0, 0.05) is 36.8 Å². The molecule has 168 valence electrons. The summed E-state index contributed by atoms with van der Waals surface area (Å²) in [5.41, 5.74) is 4.42. The molecule has 2 aromatic carbocycles. The summed E-state index contributed by atoms with van der Waals surface area (Å²) in [6, 6.07) is 14.0. The Morgan fingerprint density at radius 3 is 2.66 bits per heavy atom. The van der Waals surface area contributed by atoms with Crippen molar-refractivity contribution in [3.05, 3.63) is 53.6 Å². The first-order chi connectivity index (χ1) is 15.4. The van der Waals surface area contributed by atoms with Gasteiger partial charge in [0.2, 0.25) is 0 Å². The van der Waals surface area contributed by atoms with Crippen LogP contribution < -0.4 is 14.6 Å². The molecule has 0 unspecified atom stereocenters. The largest absolute Gasteiger partial charge is 0.497 e. The summed E-state index contributed by atoms with van der Waals surface area (Å²) >= 11 is 0. The molecule has 8 heteroatoms. The summed E-state index contributed by atoms with van der Waals surface area (Å²) in [5, 5.41) is 10.7. The van der Waals surface area contributed by atoms with E-state index in [2.05, 4.69) is 30.0 Å². The summed E-state index contributed by atoms with van der Waals surface area (Å²) in [4.78, 5) is 18.2. The number of nitrogens with zero attached hydrogens (tertiary/aromatic N) is 4. The van der Waals surface area contributed by atoms with E-state index >= 15 is 0 Å². The molecule has 0 atom stereocenters. The van der Waals surface area contributed by atoms with Gasteiger partial charge in [-0.05, 0) is 44.2 Å². The molecule has 2 aromatic rings. The van der Waals surface area contributed by atoms with Crippen LogP contribution in [-0.2, 0) is 14.4 Å². The van der Waals surface area contributed by atoms with Crippen molar-refractivity contribution in [2.45, 2.75) is 26.3 Å². The number of methoxy groups -OCH3 is 1. The number of hydrogen-bond acceptors (Lipinski definition) is 8. The van der Waals surface area contributed by atoms with E-state index in [4.69, 9.17) is 19.4 Å². The highest BCUT2D eigenvalue weighted by Gasteiger charge is 2.43. The van der Waals surface area contributed by atoms with Crippen LogP contribution in [-0.4, -0.2) is 56.8 Å². The molecule has 0 aliphatic carbocycles. The maximum atomic E-state index is 11.1. The summed E-state index contributed by atoms with van der Waals surface area (Å²) in [5.74, 6) is 0.332. The van der Waals surface area contributed by atoms with Crippen LogP contribution in [0, 0.1) is 0 Å². The van der Waals surface area contributed by atoms with Crippen LogP contribution in [0.3, 0.4) is 0 Å². The van der Waals surface area contributed by atoms with Crippen molar-refractivity contribution in [1.29, 1.82) is 0 Å². The Hall–Kier alpha value is -3.39. The molecule has 0 N–H and O–H groups in total. The molecular weight excluding hydrogens is 408 g/mol. The van der Waals surface area contributed by atoms with E-state index < -0.39 is 5.97 Å². The number of carbonyl (C=O) groups excluding carboxylic acids is 1. The van der Waals surface area contributed by atoms with Crippen LogP contribution >= 0.6 is 0 Å². The Morgan fingerprint density at radius 1 is 1.19 bits per heavy atom. The molecule has 0 spiro atoms. The van der Waals surface area contributed by atoms with E-state index in [9.17, 15) is 4.79 Å². The summed E-state index contributed by atoms with van der Waals surface area (Å²) < 4.78 is 10.9.